The van der Waals surface area contributed by atoms with Gasteiger partial charge in [0.25, 0.3) is 11.8 Å². The SMILES string of the molecule is C/C=C1\N(C)C=C(C(=O)Nc2cccc(-c3cccc(-c4cc5c(c(OC)n4)C(C)CC5)c3Cl)c2C(C)CC)C(=O)N1C. The number of fused-ring (bicyclic) bond motifs is 1. The van der Waals surface area contributed by atoms with Crippen LogP contribution < -0.4 is 10.1 Å². The number of hydrogen-bond donors (Lipinski definition) is 1. The number of benzene rings is 2. The van der Waals surface area contributed by atoms with Crippen LogP contribution in [0.1, 0.15) is 69.1 Å². The lowest BCUT2D eigenvalue weighted by Gasteiger charge is -2.32. The van der Waals surface area contributed by atoms with Gasteiger partial charge in [0.1, 0.15) is 11.4 Å². The van der Waals surface area contributed by atoms with Gasteiger partial charge in [0.2, 0.25) is 5.88 Å². The number of halogens is 1. The fourth-order valence-corrected chi connectivity index (χ4v) is 6.61. The second-order valence-corrected chi connectivity index (χ2v) is 11.8. The maximum atomic E-state index is 13.5. The second kappa shape index (κ2) is 12.3. The molecular formula is C35H39ClN4O3. The number of aryl methyl sites for hydroxylation is 1. The minimum atomic E-state index is -0.455. The van der Waals surface area contributed by atoms with Gasteiger partial charge < -0.3 is 15.0 Å². The highest BCUT2D eigenvalue weighted by molar-refractivity contribution is 6.36. The molecule has 0 radical (unpaired) electrons. The highest BCUT2D eigenvalue weighted by Gasteiger charge is 2.31. The lowest BCUT2D eigenvalue weighted by Crippen LogP contribution is -2.41. The first-order valence-electron chi connectivity index (χ1n) is 14.8. The van der Waals surface area contributed by atoms with Gasteiger partial charge in [-0.1, -0.05) is 62.7 Å². The van der Waals surface area contributed by atoms with E-state index in [-0.39, 0.29) is 17.4 Å². The van der Waals surface area contributed by atoms with Crippen LogP contribution in [0, 0.1) is 0 Å². The fraction of sp³-hybridized carbons (Fsp3) is 0.343. The summed E-state index contributed by atoms with van der Waals surface area (Å²) in [5.41, 5.74) is 7.52. The van der Waals surface area contributed by atoms with E-state index >= 15 is 0 Å². The van der Waals surface area contributed by atoms with Gasteiger partial charge in [-0.05, 0) is 72.9 Å². The lowest BCUT2D eigenvalue weighted by atomic mass is 9.87. The predicted octanol–water partition coefficient (Wildman–Crippen LogP) is 7.73. The highest BCUT2D eigenvalue weighted by Crippen LogP contribution is 2.45. The number of nitrogens with zero attached hydrogens (tertiary/aromatic N) is 3. The Labute approximate surface area is 259 Å². The molecule has 2 atom stereocenters. The van der Waals surface area contributed by atoms with E-state index in [0.717, 1.165) is 47.2 Å². The van der Waals surface area contributed by atoms with Gasteiger partial charge in [0, 0.05) is 42.7 Å². The molecule has 1 aromatic heterocycles. The fourth-order valence-electron chi connectivity index (χ4n) is 6.29. The van der Waals surface area contributed by atoms with E-state index < -0.39 is 5.91 Å². The molecule has 1 aliphatic carbocycles. The summed E-state index contributed by atoms with van der Waals surface area (Å²) in [7, 11) is 5.15. The molecule has 0 spiro atoms. The third kappa shape index (κ3) is 5.42. The van der Waals surface area contributed by atoms with Gasteiger partial charge in [0.05, 0.1) is 17.8 Å². The molecule has 7 nitrogen and oxygen atoms in total. The van der Waals surface area contributed by atoms with Gasteiger partial charge in [-0.15, -0.1) is 0 Å². The minimum Gasteiger partial charge on any atom is -0.481 e. The lowest BCUT2D eigenvalue weighted by molar-refractivity contribution is -0.128. The van der Waals surface area contributed by atoms with Crippen LogP contribution in [0.2, 0.25) is 5.02 Å². The van der Waals surface area contributed by atoms with Crippen molar-refractivity contribution < 1.29 is 14.3 Å². The first-order chi connectivity index (χ1) is 20.6. The Bertz CT molecular complexity index is 1660. The zero-order valence-electron chi connectivity index (χ0n) is 25.9. The molecule has 1 aliphatic heterocycles. The number of likely N-dealkylation sites (N-methyl/N-ethyl adjacent to an activating group) is 1. The predicted molar refractivity (Wildman–Crippen MR) is 173 cm³/mol. The molecular weight excluding hydrogens is 560 g/mol. The number of methoxy groups -OCH3 is 1. The quantitative estimate of drug-likeness (QED) is 0.282. The van der Waals surface area contributed by atoms with E-state index in [0.29, 0.717) is 28.3 Å². The summed E-state index contributed by atoms with van der Waals surface area (Å²) < 4.78 is 5.71. The standard InChI is InChI=1S/C35H39ClN4O3/c1-8-20(3)31-23(12-11-15-27(31)37-33(41)26-19-39(5)29(9-2)40(6)35(26)42)24-13-10-14-25(32(24)36)28-18-22-17-16-21(4)30(22)34(38-28)43-7/h9-15,18-21H,8,16-17H2,1-7H3,(H,37,41)/b29-9+. The highest BCUT2D eigenvalue weighted by atomic mass is 35.5. The molecule has 2 amide bonds. The van der Waals surface area contributed by atoms with E-state index in [1.807, 2.05) is 56.4 Å². The molecule has 2 unspecified atom stereocenters. The van der Waals surface area contributed by atoms with Gasteiger partial charge in [0.15, 0.2) is 0 Å². The molecule has 5 rings (SSSR count). The molecule has 0 saturated heterocycles. The van der Waals surface area contributed by atoms with Crippen molar-refractivity contribution in [3.05, 3.63) is 87.8 Å². The number of carbonyl (C=O) groups is 2. The van der Waals surface area contributed by atoms with Crippen LogP contribution in [-0.2, 0) is 16.0 Å². The summed E-state index contributed by atoms with van der Waals surface area (Å²) in [6, 6.07) is 13.9. The monoisotopic (exact) mass is 598 g/mol. The average Bonchev–Trinajstić information content (AvgIpc) is 3.38. The molecule has 0 saturated carbocycles. The maximum absolute atomic E-state index is 13.5. The van der Waals surface area contributed by atoms with Crippen molar-refractivity contribution in [1.82, 2.24) is 14.8 Å². The van der Waals surface area contributed by atoms with Crippen molar-refractivity contribution in [1.29, 1.82) is 0 Å². The van der Waals surface area contributed by atoms with Crippen LogP contribution in [0.25, 0.3) is 22.4 Å². The smallest absolute Gasteiger partial charge is 0.266 e. The van der Waals surface area contributed by atoms with E-state index in [1.54, 1.807) is 25.3 Å². The van der Waals surface area contributed by atoms with Crippen LogP contribution in [0.3, 0.4) is 0 Å². The van der Waals surface area contributed by atoms with E-state index in [1.165, 1.54) is 16.0 Å². The summed E-state index contributed by atoms with van der Waals surface area (Å²) >= 11 is 7.19. The first kappa shape index (κ1) is 30.4. The number of rotatable bonds is 7. The summed E-state index contributed by atoms with van der Waals surface area (Å²) in [4.78, 5) is 34.8. The number of amides is 2. The second-order valence-electron chi connectivity index (χ2n) is 11.4. The third-order valence-corrected chi connectivity index (χ3v) is 9.14. The first-order valence-corrected chi connectivity index (χ1v) is 15.2. The Morgan fingerprint density at radius 2 is 1.88 bits per heavy atom. The van der Waals surface area contributed by atoms with Crippen molar-refractivity contribution in [3.8, 4) is 28.3 Å². The number of allylic oxidation sites excluding steroid dienone is 1. The van der Waals surface area contributed by atoms with Crippen LogP contribution in [-0.4, -0.2) is 47.8 Å². The zero-order chi connectivity index (χ0) is 31.0. The Balaban J connectivity index is 1.58. The summed E-state index contributed by atoms with van der Waals surface area (Å²) in [6.07, 6.45) is 6.32. The van der Waals surface area contributed by atoms with Crippen LogP contribution in [0.4, 0.5) is 5.69 Å². The van der Waals surface area contributed by atoms with Crippen molar-refractivity contribution in [2.45, 2.75) is 58.8 Å². The molecule has 43 heavy (non-hydrogen) atoms. The summed E-state index contributed by atoms with van der Waals surface area (Å²) in [5.74, 6) is 1.07. The van der Waals surface area contributed by atoms with Crippen molar-refractivity contribution in [2.24, 2.45) is 0 Å². The number of pyridine rings is 1. The number of nitrogens with one attached hydrogen (secondary N) is 1. The van der Waals surface area contributed by atoms with Gasteiger partial charge >= 0.3 is 0 Å². The Morgan fingerprint density at radius 3 is 2.58 bits per heavy atom. The van der Waals surface area contributed by atoms with Crippen molar-refractivity contribution >= 4 is 29.1 Å². The topological polar surface area (TPSA) is 74.8 Å². The molecule has 0 fully saturated rings. The number of anilines is 1. The number of aromatic nitrogens is 1. The molecule has 224 valence electrons. The van der Waals surface area contributed by atoms with Gasteiger partial charge in [-0.2, -0.15) is 0 Å². The molecule has 2 aromatic carbocycles. The van der Waals surface area contributed by atoms with E-state index in [9.17, 15) is 9.59 Å². The van der Waals surface area contributed by atoms with Crippen molar-refractivity contribution in [3.63, 3.8) is 0 Å². The van der Waals surface area contributed by atoms with Crippen LogP contribution in [0.5, 0.6) is 5.88 Å². The third-order valence-electron chi connectivity index (χ3n) is 8.73. The van der Waals surface area contributed by atoms with E-state index in [4.69, 9.17) is 21.3 Å². The minimum absolute atomic E-state index is 0.0714. The Hall–Kier alpha value is -4.10. The van der Waals surface area contributed by atoms with Crippen LogP contribution in [0.15, 0.2) is 66.1 Å². The van der Waals surface area contributed by atoms with Crippen molar-refractivity contribution in [2.75, 3.05) is 26.5 Å². The number of hydrogen-bond acceptors (Lipinski definition) is 5. The summed E-state index contributed by atoms with van der Waals surface area (Å²) in [6.45, 7) is 8.31. The molecule has 3 aromatic rings. The molecule has 8 heteroatoms. The number of ether oxygens (including phenoxy) is 1. The average molecular weight is 599 g/mol. The molecule has 1 N–H and O–H groups in total. The largest absolute Gasteiger partial charge is 0.481 e. The molecule has 2 aliphatic rings. The molecule has 2 heterocycles. The summed E-state index contributed by atoms with van der Waals surface area (Å²) in [5, 5.41) is 3.64. The Morgan fingerprint density at radius 1 is 1.19 bits per heavy atom. The normalized spacial score (nSPS) is 18.0. The van der Waals surface area contributed by atoms with E-state index in [2.05, 4.69) is 32.2 Å². The van der Waals surface area contributed by atoms with Crippen LogP contribution >= 0.6 is 11.6 Å². The van der Waals surface area contributed by atoms with Gasteiger partial charge in [-0.25, -0.2) is 4.98 Å². The molecule has 0 bridgehead atoms. The number of carbonyl (C=O) groups excluding carboxylic acids is 2. The van der Waals surface area contributed by atoms with Gasteiger partial charge in [-0.3, -0.25) is 14.5 Å². The Kier molecular flexibility index (Phi) is 8.65. The maximum Gasteiger partial charge on any atom is 0.266 e. The zero-order valence-corrected chi connectivity index (χ0v) is 26.7.